The monoisotopic (exact) mass is 369 g/mol. The topological polar surface area (TPSA) is 98.3 Å². The summed E-state index contributed by atoms with van der Waals surface area (Å²) in [6.07, 6.45) is 0. The molecule has 0 atom stereocenters. The Labute approximate surface area is 145 Å². The van der Waals surface area contributed by atoms with E-state index in [0.717, 1.165) is 6.07 Å². The van der Waals surface area contributed by atoms with Crippen molar-refractivity contribution in [2.45, 2.75) is 26.2 Å². The maximum Gasteiger partial charge on any atom is 0.299 e. The lowest BCUT2D eigenvalue weighted by Gasteiger charge is -2.23. The molecular formula is C16H14F3N3O4. The van der Waals surface area contributed by atoms with Crippen LogP contribution in [0.2, 0.25) is 0 Å². The summed E-state index contributed by atoms with van der Waals surface area (Å²) in [6.45, 7) is 4.87. The van der Waals surface area contributed by atoms with Crippen LogP contribution in [0.1, 0.15) is 26.3 Å². The van der Waals surface area contributed by atoms with Gasteiger partial charge in [-0.05, 0) is 11.0 Å². The highest BCUT2D eigenvalue weighted by molar-refractivity contribution is 5.77. The lowest BCUT2D eigenvalue weighted by molar-refractivity contribution is -0.393. The number of hydrogen-bond acceptors (Lipinski definition) is 5. The van der Waals surface area contributed by atoms with E-state index < -0.39 is 49.8 Å². The maximum atomic E-state index is 13.9. The largest absolute Gasteiger partial charge is 0.345 e. The Bertz CT molecular complexity index is 887. The van der Waals surface area contributed by atoms with Gasteiger partial charge in [-0.15, -0.1) is 0 Å². The predicted octanol–water partition coefficient (Wildman–Crippen LogP) is 4.96. The fraction of sp³-hybridized carbons (Fsp3) is 0.250. The molecule has 0 spiro atoms. The van der Waals surface area contributed by atoms with Crippen molar-refractivity contribution in [3.8, 4) is 0 Å². The van der Waals surface area contributed by atoms with Crippen LogP contribution >= 0.6 is 0 Å². The normalized spacial score (nSPS) is 11.3. The van der Waals surface area contributed by atoms with E-state index in [0.29, 0.717) is 18.2 Å². The number of nitro benzene ring substituents is 2. The summed E-state index contributed by atoms with van der Waals surface area (Å²) in [5.74, 6) is -3.75. The zero-order chi connectivity index (χ0) is 19.8. The SMILES string of the molecule is CC(C)(C)c1cc([N+](=O)[O-])cc([N+](=O)[O-])c1Nc1c(F)cc(F)cc1F. The second-order valence-corrected chi connectivity index (χ2v) is 6.52. The van der Waals surface area contributed by atoms with Crippen molar-refractivity contribution in [1.82, 2.24) is 0 Å². The minimum atomic E-state index is -1.30. The Hall–Kier alpha value is -3.17. The molecule has 0 amide bonds. The first-order valence-corrected chi connectivity index (χ1v) is 7.30. The number of rotatable bonds is 4. The maximum absolute atomic E-state index is 13.9. The third-order valence-corrected chi connectivity index (χ3v) is 3.57. The van der Waals surface area contributed by atoms with E-state index in [-0.39, 0.29) is 11.3 Å². The molecule has 26 heavy (non-hydrogen) atoms. The summed E-state index contributed by atoms with van der Waals surface area (Å²) >= 11 is 0. The van der Waals surface area contributed by atoms with E-state index in [9.17, 15) is 33.4 Å². The lowest BCUT2D eigenvalue weighted by atomic mass is 9.84. The van der Waals surface area contributed by atoms with E-state index in [2.05, 4.69) is 5.32 Å². The number of nitrogens with one attached hydrogen (secondary N) is 1. The Morgan fingerprint density at radius 3 is 1.85 bits per heavy atom. The average molecular weight is 369 g/mol. The van der Waals surface area contributed by atoms with Crippen LogP contribution in [0.4, 0.5) is 35.9 Å². The zero-order valence-corrected chi connectivity index (χ0v) is 14.0. The Morgan fingerprint density at radius 2 is 1.42 bits per heavy atom. The van der Waals surface area contributed by atoms with Gasteiger partial charge in [-0.2, -0.15) is 0 Å². The molecule has 2 aromatic carbocycles. The van der Waals surface area contributed by atoms with Gasteiger partial charge in [0.1, 0.15) is 17.2 Å². The molecular weight excluding hydrogens is 355 g/mol. The number of benzene rings is 2. The first-order valence-electron chi connectivity index (χ1n) is 7.30. The van der Waals surface area contributed by atoms with Crippen LogP contribution in [-0.4, -0.2) is 9.85 Å². The molecule has 0 unspecified atom stereocenters. The molecule has 138 valence electrons. The van der Waals surface area contributed by atoms with Crippen LogP contribution in [0.5, 0.6) is 0 Å². The molecule has 0 saturated heterocycles. The number of hydrogen-bond donors (Lipinski definition) is 1. The van der Waals surface area contributed by atoms with Crippen LogP contribution in [-0.2, 0) is 5.41 Å². The molecule has 0 aliphatic carbocycles. The Kier molecular flexibility index (Phi) is 4.88. The number of anilines is 2. The second kappa shape index (κ2) is 6.62. The first-order chi connectivity index (χ1) is 11.9. The summed E-state index contributed by atoms with van der Waals surface area (Å²) < 4.78 is 41.0. The van der Waals surface area contributed by atoms with E-state index in [4.69, 9.17) is 0 Å². The van der Waals surface area contributed by atoms with Crippen molar-refractivity contribution in [2.24, 2.45) is 0 Å². The summed E-state index contributed by atoms with van der Waals surface area (Å²) in [5, 5.41) is 24.7. The van der Waals surface area contributed by atoms with Crippen molar-refractivity contribution in [1.29, 1.82) is 0 Å². The molecule has 0 bridgehead atoms. The zero-order valence-electron chi connectivity index (χ0n) is 14.0. The summed E-state index contributed by atoms with van der Waals surface area (Å²) in [4.78, 5) is 20.8. The fourth-order valence-corrected chi connectivity index (χ4v) is 2.37. The van der Waals surface area contributed by atoms with E-state index in [1.54, 1.807) is 20.8 Å². The number of halogens is 3. The van der Waals surface area contributed by atoms with Crippen molar-refractivity contribution < 1.29 is 23.0 Å². The van der Waals surface area contributed by atoms with Gasteiger partial charge in [-0.25, -0.2) is 13.2 Å². The highest BCUT2D eigenvalue weighted by atomic mass is 19.1. The van der Waals surface area contributed by atoms with Crippen molar-refractivity contribution in [2.75, 3.05) is 5.32 Å². The van der Waals surface area contributed by atoms with Crippen LogP contribution in [0.3, 0.4) is 0 Å². The quantitative estimate of drug-likeness (QED) is 0.606. The molecule has 2 aromatic rings. The van der Waals surface area contributed by atoms with Gasteiger partial charge in [0.2, 0.25) is 0 Å². The predicted molar refractivity (Wildman–Crippen MR) is 88.0 cm³/mol. The van der Waals surface area contributed by atoms with Gasteiger partial charge in [0.25, 0.3) is 11.4 Å². The van der Waals surface area contributed by atoms with Gasteiger partial charge in [-0.1, -0.05) is 20.8 Å². The highest BCUT2D eigenvalue weighted by Gasteiger charge is 2.31. The smallest absolute Gasteiger partial charge is 0.299 e. The molecule has 2 rings (SSSR count). The molecule has 7 nitrogen and oxygen atoms in total. The molecule has 1 N–H and O–H groups in total. The van der Waals surface area contributed by atoms with Crippen molar-refractivity contribution in [3.63, 3.8) is 0 Å². The summed E-state index contributed by atoms with van der Waals surface area (Å²) in [5.41, 5.74) is -3.11. The molecule has 0 radical (unpaired) electrons. The average Bonchev–Trinajstić information content (AvgIpc) is 2.48. The number of non-ortho nitro benzene ring substituents is 1. The Morgan fingerprint density at radius 1 is 0.885 bits per heavy atom. The first kappa shape index (κ1) is 19.2. The van der Waals surface area contributed by atoms with Crippen molar-refractivity contribution in [3.05, 3.63) is 67.5 Å². The summed E-state index contributed by atoms with van der Waals surface area (Å²) in [6, 6.07) is 2.62. The minimum Gasteiger partial charge on any atom is -0.345 e. The lowest BCUT2D eigenvalue weighted by Crippen LogP contribution is -2.16. The molecule has 0 fully saturated rings. The van der Waals surface area contributed by atoms with Gasteiger partial charge in [0, 0.05) is 18.2 Å². The summed E-state index contributed by atoms with van der Waals surface area (Å²) in [7, 11) is 0. The highest BCUT2D eigenvalue weighted by Crippen LogP contribution is 2.41. The Balaban J connectivity index is 2.78. The van der Waals surface area contributed by atoms with E-state index >= 15 is 0 Å². The number of nitrogens with zero attached hydrogens (tertiary/aromatic N) is 2. The van der Waals surface area contributed by atoms with E-state index in [1.165, 1.54) is 0 Å². The minimum absolute atomic E-state index is 0.0986. The molecule has 0 heterocycles. The van der Waals surface area contributed by atoms with Crippen molar-refractivity contribution >= 4 is 22.7 Å². The van der Waals surface area contributed by atoms with Crippen LogP contribution < -0.4 is 5.32 Å². The number of nitro groups is 2. The van der Waals surface area contributed by atoms with Gasteiger partial charge in [0.05, 0.1) is 15.9 Å². The molecule has 0 saturated carbocycles. The van der Waals surface area contributed by atoms with Gasteiger partial charge in [-0.3, -0.25) is 20.2 Å². The fourth-order valence-electron chi connectivity index (χ4n) is 2.37. The molecule has 10 heteroatoms. The standard InChI is InChI=1S/C16H14F3N3O4/c1-16(2,3)10-6-9(21(23)24)7-13(22(25)26)14(10)20-15-11(18)4-8(17)5-12(15)19/h4-7,20H,1-3H3. The van der Waals surface area contributed by atoms with Crippen LogP contribution in [0, 0.1) is 37.7 Å². The second-order valence-electron chi connectivity index (χ2n) is 6.52. The third-order valence-electron chi connectivity index (χ3n) is 3.57. The molecule has 0 aromatic heterocycles. The molecule has 0 aliphatic heterocycles. The third kappa shape index (κ3) is 3.73. The van der Waals surface area contributed by atoms with E-state index in [1.807, 2.05) is 0 Å². The van der Waals surface area contributed by atoms with Gasteiger partial charge in [0.15, 0.2) is 11.6 Å². The van der Waals surface area contributed by atoms with Gasteiger partial charge >= 0.3 is 0 Å². The van der Waals surface area contributed by atoms with Crippen LogP contribution in [0.25, 0.3) is 0 Å². The molecule has 0 aliphatic rings. The van der Waals surface area contributed by atoms with Crippen LogP contribution in [0.15, 0.2) is 24.3 Å². The van der Waals surface area contributed by atoms with Gasteiger partial charge < -0.3 is 5.32 Å².